The second-order valence-electron chi connectivity index (χ2n) is 6.46. The maximum absolute atomic E-state index is 12.5. The molecule has 0 radical (unpaired) electrons. The molecule has 1 saturated carbocycles. The fourth-order valence-electron chi connectivity index (χ4n) is 3.34. The van der Waals surface area contributed by atoms with Gasteiger partial charge in [0, 0.05) is 24.4 Å². The van der Waals surface area contributed by atoms with Crippen molar-refractivity contribution in [3.8, 4) is 6.07 Å². The third kappa shape index (κ3) is 4.08. The number of aryl methyl sites for hydroxylation is 1. The van der Waals surface area contributed by atoms with Crippen LogP contribution in [0.2, 0.25) is 0 Å². The first kappa shape index (κ1) is 18.7. The Morgan fingerprint density at radius 1 is 1.40 bits per heavy atom. The van der Waals surface area contributed by atoms with Crippen molar-refractivity contribution in [2.45, 2.75) is 51.0 Å². The number of nitro groups is 1. The van der Waals surface area contributed by atoms with Gasteiger partial charge in [0.2, 0.25) is 5.91 Å². The maximum Gasteiger partial charge on any atom is 0.274 e. The molecule has 1 aromatic rings. The van der Waals surface area contributed by atoms with Crippen molar-refractivity contribution >= 4 is 17.3 Å². The van der Waals surface area contributed by atoms with Gasteiger partial charge in [0.15, 0.2) is 0 Å². The number of hydrogen-bond acceptors (Lipinski definition) is 5. The smallest absolute Gasteiger partial charge is 0.274 e. The van der Waals surface area contributed by atoms with Gasteiger partial charge in [-0.05, 0) is 25.3 Å². The number of nitrogens with zero attached hydrogens (tertiary/aromatic N) is 3. The van der Waals surface area contributed by atoms with Crippen LogP contribution in [0, 0.1) is 21.4 Å². The van der Waals surface area contributed by atoms with E-state index in [9.17, 15) is 20.2 Å². The predicted molar refractivity (Wildman–Crippen MR) is 95.2 cm³/mol. The molecule has 1 aliphatic carbocycles. The minimum atomic E-state index is -0.727. The Hall–Kier alpha value is -2.62. The highest BCUT2D eigenvalue weighted by Gasteiger charge is 2.38. The Labute approximate surface area is 147 Å². The number of carbonyl (C=O) groups excluding carboxylic acids is 1. The molecule has 1 amide bonds. The molecule has 0 heterocycles. The quantitative estimate of drug-likeness (QED) is 0.631. The van der Waals surface area contributed by atoms with Crippen molar-refractivity contribution in [1.82, 2.24) is 4.90 Å². The van der Waals surface area contributed by atoms with Crippen molar-refractivity contribution in [3.05, 3.63) is 33.9 Å². The standard InChI is InChI=1S/C18H24N4O3/c1-3-14-7-8-15(11-16(14)22(24)25)20-12-17(23)21(2)18(13-19)9-5-4-6-10-18/h7-8,11,20H,3-6,9-10,12H2,1-2H3. The molecule has 0 bridgehead atoms. The molecule has 0 aliphatic heterocycles. The van der Waals surface area contributed by atoms with Crippen LogP contribution in [0.4, 0.5) is 11.4 Å². The minimum Gasteiger partial charge on any atom is -0.376 e. The number of anilines is 1. The van der Waals surface area contributed by atoms with Crippen LogP contribution in [0.3, 0.4) is 0 Å². The average Bonchev–Trinajstić information content (AvgIpc) is 2.65. The van der Waals surface area contributed by atoms with Gasteiger partial charge in [-0.1, -0.05) is 32.3 Å². The summed E-state index contributed by atoms with van der Waals surface area (Å²) in [6, 6.07) is 7.21. The second-order valence-corrected chi connectivity index (χ2v) is 6.46. The molecule has 1 N–H and O–H groups in total. The highest BCUT2D eigenvalue weighted by Crippen LogP contribution is 2.32. The van der Waals surface area contributed by atoms with Crippen LogP contribution in [0.15, 0.2) is 18.2 Å². The molecule has 0 unspecified atom stereocenters. The zero-order chi connectivity index (χ0) is 18.4. The molecule has 7 heteroatoms. The lowest BCUT2D eigenvalue weighted by Gasteiger charge is -2.39. The van der Waals surface area contributed by atoms with Crippen molar-refractivity contribution in [3.63, 3.8) is 0 Å². The van der Waals surface area contributed by atoms with E-state index in [1.54, 1.807) is 19.2 Å². The van der Waals surface area contributed by atoms with Gasteiger partial charge in [-0.25, -0.2) is 0 Å². The lowest BCUT2D eigenvalue weighted by molar-refractivity contribution is -0.385. The Morgan fingerprint density at radius 3 is 2.64 bits per heavy atom. The molecule has 134 valence electrons. The van der Waals surface area contributed by atoms with Gasteiger partial charge < -0.3 is 10.2 Å². The molecule has 7 nitrogen and oxygen atoms in total. The molecule has 0 aromatic heterocycles. The molecule has 1 aromatic carbocycles. The van der Waals surface area contributed by atoms with E-state index >= 15 is 0 Å². The number of amides is 1. The number of rotatable bonds is 6. The van der Waals surface area contributed by atoms with Gasteiger partial charge in [-0.3, -0.25) is 14.9 Å². The molecule has 2 rings (SSSR count). The first-order valence-electron chi connectivity index (χ1n) is 8.62. The first-order chi connectivity index (χ1) is 11.9. The third-order valence-electron chi connectivity index (χ3n) is 5.01. The molecule has 0 atom stereocenters. The number of benzene rings is 1. The molecule has 0 saturated heterocycles. The number of hydrogen-bond donors (Lipinski definition) is 1. The molecule has 0 spiro atoms. The van der Waals surface area contributed by atoms with E-state index in [4.69, 9.17) is 0 Å². The lowest BCUT2D eigenvalue weighted by atomic mass is 9.81. The van der Waals surface area contributed by atoms with Crippen LogP contribution < -0.4 is 5.32 Å². The Kier molecular flexibility index (Phi) is 5.97. The van der Waals surface area contributed by atoms with Crippen LogP contribution in [-0.2, 0) is 11.2 Å². The molecular weight excluding hydrogens is 320 g/mol. The summed E-state index contributed by atoms with van der Waals surface area (Å²) in [7, 11) is 1.67. The Balaban J connectivity index is 2.05. The van der Waals surface area contributed by atoms with Crippen molar-refractivity contribution in [1.29, 1.82) is 5.26 Å². The Bertz CT molecular complexity index is 690. The van der Waals surface area contributed by atoms with E-state index in [1.165, 1.54) is 11.0 Å². The monoisotopic (exact) mass is 344 g/mol. The number of nitriles is 1. The first-order valence-corrected chi connectivity index (χ1v) is 8.62. The van der Waals surface area contributed by atoms with E-state index in [1.807, 2.05) is 6.92 Å². The summed E-state index contributed by atoms with van der Waals surface area (Å²) in [5, 5.41) is 23.6. The van der Waals surface area contributed by atoms with Crippen LogP contribution >= 0.6 is 0 Å². The summed E-state index contributed by atoms with van der Waals surface area (Å²) in [6.07, 6.45) is 4.96. The van der Waals surface area contributed by atoms with E-state index in [0.717, 1.165) is 19.3 Å². The normalized spacial score (nSPS) is 15.9. The van der Waals surface area contributed by atoms with E-state index in [-0.39, 0.29) is 18.1 Å². The van der Waals surface area contributed by atoms with Gasteiger partial charge in [0.25, 0.3) is 5.69 Å². The maximum atomic E-state index is 12.5. The lowest BCUT2D eigenvalue weighted by Crippen LogP contribution is -2.51. The van der Waals surface area contributed by atoms with Crippen molar-refractivity contribution in [2.24, 2.45) is 0 Å². The van der Waals surface area contributed by atoms with Crippen LogP contribution in [0.25, 0.3) is 0 Å². The number of likely N-dealkylation sites (N-methyl/N-ethyl adjacent to an activating group) is 1. The minimum absolute atomic E-state index is 0.00254. The third-order valence-corrected chi connectivity index (χ3v) is 5.01. The second kappa shape index (κ2) is 7.97. The topological polar surface area (TPSA) is 99.3 Å². The molecule has 1 fully saturated rings. The summed E-state index contributed by atoms with van der Waals surface area (Å²) in [4.78, 5) is 24.8. The van der Waals surface area contributed by atoms with Crippen molar-refractivity contribution in [2.75, 3.05) is 18.9 Å². The number of nitrogens with one attached hydrogen (secondary N) is 1. The summed E-state index contributed by atoms with van der Waals surface area (Å²) in [5.41, 5.74) is 0.508. The van der Waals surface area contributed by atoms with Gasteiger partial charge in [0.1, 0.15) is 5.54 Å². The highest BCUT2D eigenvalue weighted by molar-refractivity contribution is 5.82. The summed E-state index contributed by atoms with van der Waals surface area (Å²) >= 11 is 0. The Morgan fingerprint density at radius 2 is 2.08 bits per heavy atom. The van der Waals surface area contributed by atoms with Gasteiger partial charge in [-0.2, -0.15) is 5.26 Å². The summed E-state index contributed by atoms with van der Waals surface area (Å²) in [6.45, 7) is 1.86. The molecular formula is C18H24N4O3. The summed E-state index contributed by atoms with van der Waals surface area (Å²) in [5.74, 6) is -0.189. The van der Waals surface area contributed by atoms with E-state index < -0.39 is 10.5 Å². The van der Waals surface area contributed by atoms with Crippen LogP contribution in [0.1, 0.15) is 44.6 Å². The van der Waals surface area contributed by atoms with Gasteiger partial charge in [0.05, 0.1) is 17.5 Å². The zero-order valence-corrected chi connectivity index (χ0v) is 14.7. The highest BCUT2D eigenvalue weighted by atomic mass is 16.6. The number of nitro benzene ring substituents is 1. The fraction of sp³-hybridized carbons (Fsp3) is 0.556. The molecule has 1 aliphatic rings. The van der Waals surface area contributed by atoms with E-state index in [0.29, 0.717) is 30.5 Å². The largest absolute Gasteiger partial charge is 0.376 e. The van der Waals surface area contributed by atoms with Gasteiger partial charge in [-0.15, -0.1) is 0 Å². The zero-order valence-electron chi connectivity index (χ0n) is 14.7. The van der Waals surface area contributed by atoms with E-state index in [2.05, 4.69) is 11.4 Å². The van der Waals surface area contributed by atoms with Gasteiger partial charge >= 0.3 is 0 Å². The van der Waals surface area contributed by atoms with Crippen LogP contribution in [0.5, 0.6) is 0 Å². The fourth-order valence-corrected chi connectivity index (χ4v) is 3.34. The molecule has 25 heavy (non-hydrogen) atoms. The van der Waals surface area contributed by atoms with Crippen LogP contribution in [-0.4, -0.2) is 34.9 Å². The van der Waals surface area contributed by atoms with Crippen molar-refractivity contribution < 1.29 is 9.72 Å². The SMILES string of the molecule is CCc1ccc(NCC(=O)N(C)C2(C#N)CCCCC2)cc1[N+](=O)[O-]. The average molecular weight is 344 g/mol. The predicted octanol–water partition coefficient (Wildman–Crippen LogP) is 3.25. The summed E-state index contributed by atoms with van der Waals surface area (Å²) < 4.78 is 0. The number of carbonyl (C=O) groups is 1.